The third kappa shape index (κ3) is 5.88. The van der Waals surface area contributed by atoms with Crippen LogP contribution in [0.4, 0.5) is 13.2 Å². The number of hydrogen-bond donors (Lipinski definition) is 2. The molecule has 2 aromatic rings. The largest absolute Gasteiger partial charge is 0.573 e. The fraction of sp³-hybridized carbons (Fsp3) is 0.125. The van der Waals surface area contributed by atoms with Gasteiger partial charge in [0.05, 0.1) is 0 Å². The predicted molar refractivity (Wildman–Crippen MR) is 86.5 cm³/mol. The van der Waals surface area contributed by atoms with Crippen molar-refractivity contribution in [3.63, 3.8) is 0 Å². The smallest absolute Gasteiger partial charge is 0.406 e. The summed E-state index contributed by atoms with van der Waals surface area (Å²) in [6, 6.07) is 14.0. The van der Waals surface area contributed by atoms with Crippen LogP contribution in [0.25, 0.3) is 0 Å². The average Bonchev–Trinajstić information content (AvgIpc) is 2.52. The van der Waals surface area contributed by atoms with E-state index < -0.39 is 6.36 Å². The van der Waals surface area contributed by atoms with Crippen molar-refractivity contribution in [1.29, 1.82) is 0 Å². The van der Waals surface area contributed by atoms with Gasteiger partial charge in [0.25, 0.3) is 5.91 Å². The molecule has 24 heavy (non-hydrogen) atoms. The van der Waals surface area contributed by atoms with E-state index in [1.54, 1.807) is 36.4 Å². The van der Waals surface area contributed by atoms with Gasteiger partial charge in [0.1, 0.15) is 5.75 Å². The van der Waals surface area contributed by atoms with Crippen LogP contribution < -0.4 is 15.4 Å². The lowest BCUT2D eigenvalue weighted by Gasteiger charge is -2.12. The zero-order valence-electron chi connectivity index (χ0n) is 12.3. The number of carbonyl (C=O) groups excluding carboxylic acids is 1. The molecule has 0 bridgehead atoms. The topological polar surface area (TPSA) is 50.4 Å². The SMILES string of the molecule is O=C(NC(=S)NCc1cccc(OC(F)(F)F)c1)c1ccccc1. The minimum Gasteiger partial charge on any atom is -0.406 e. The maximum atomic E-state index is 12.2. The van der Waals surface area contributed by atoms with Crippen LogP contribution in [0.1, 0.15) is 15.9 Å². The molecule has 2 rings (SSSR count). The number of rotatable bonds is 4. The summed E-state index contributed by atoms with van der Waals surface area (Å²) in [6.45, 7) is 0.142. The molecule has 4 nitrogen and oxygen atoms in total. The second-order valence-electron chi connectivity index (χ2n) is 4.70. The Morgan fingerprint density at radius 3 is 2.46 bits per heavy atom. The quantitative estimate of drug-likeness (QED) is 0.827. The van der Waals surface area contributed by atoms with Crippen molar-refractivity contribution < 1.29 is 22.7 Å². The maximum absolute atomic E-state index is 12.2. The Balaban J connectivity index is 1.88. The molecule has 0 heterocycles. The summed E-state index contributed by atoms with van der Waals surface area (Å²) in [5.41, 5.74) is 0.968. The molecule has 0 aliphatic rings. The first-order valence-electron chi connectivity index (χ1n) is 6.82. The van der Waals surface area contributed by atoms with E-state index in [0.717, 1.165) is 0 Å². The Kier molecular flexibility index (Phi) is 5.75. The van der Waals surface area contributed by atoms with Gasteiger partial charge in [-0.15, -0.1) is 13.2 Å². The van der Waals surface area contributed by atoms with Gasteiger partial charge in [-0.05, 0) is 42.0 Å². The van der Waals surface area contributed by atoms with E-state index in [9.17, 15) is 18.0 Å². The van der Waals surface area contributed by atoms with Gasteiger partial charge in [-0.1, -0.05) is 30.3 Å². The summed E-state index contributed by atoms with van der Waals surface area (Å²) in [7, 11) is 0. The van der Waals surface area contributed by atoms with E-state index in [-0.39, 0.29) is 23.3 Å². The van der Waals surface area contributed by atoms with Crippen molar-refractivity contribution in [3.8, 4) is 5.75 Å². The first kappa shape index (κ1) is 17.7. The van der Waals surface area contributed by atoms with Crippen molar-refractivity contribution in [2.75, 3.05) is 0 Å². The van der Waals surface area contributed by atoms with E-state index >= 15 is 0 Å². The highest BCUT2D eigenvalue weighted by atomic mass is 32.1. The van der Waals surface area contributed by atoms with Crippen LogP contribution in [-0.2, 0) is 6.54 Å². The number of ether oxygens (including phenoxy) is 1. The number of hydrogen-bond acceptors (Lipinski definition) is 3. The Hall–Kier alpha value is -2.61. The van der Waals surface area contributed by atoms with Crippen molar-refractivity contribution in [2.45, 2.75) is 12.9 Å². The molecule has 8 heteroatoms. The fourth-order valence-corrected chi connectivity index (χ4v) is 2.01. The zero-order chi connectivity index (χ0) is 17.6. The average molecular weight is 354 g/mol. The normalized spacial score (nSPS) is 10.8. The number of nitrogens with one attached hydrogen (secondary N) is 2. The molecule has 0 fully saturated rings. The van der Waals surface area contributed by atoms with E-state index in [0.29, 0.717) is 11.1 Å². The second kappa shape index (κ2) is 7.78. The van der Waals surface area contributed by atoms with Gasteiger partial charge in [-0.2, -0.15) is 0 Å². The fourth-order valence-electron chi connectivity index (χ4n) is 1.84. The number of halogens is 3. The molecule has 0 atom stereocenters. The number of amides is 1. The summed E-state index contributed by atoms with van der Waals surface area (Å²) in [4.78, 5) is 11.9. The minimum atomic E-state index is -4.75. The number of benzene rings is 2. The molecule has 1 amide bonds. The van der Waals surface area contributed by atoms with Crippen LogP contribution in [0.15, 0.2) is 54.6 Å². The van der Waals surface area contributed by atoms with Gasteiger partial charge in [-0.3, -0.25) is 10.1 Å². The van der Waals surface area contributed by atoms with Crippen molar-refractivity contribution in [3.05, 3.63) is 65.7 Å². The molecule has 0 unspecified atom stereocenters. The molecule has 2 N–H and O–H groups in total. The van der Waals surface area contributed by atoms with Gasteiger partial charge in [0.15, 0.2) is 5.11 Å². The van der Waals surface area contributed by atoms with E-state index in [2.05, 4.69) is 15.4 Å². The Labute approximate surface area is 141 Å². The lowest BCUT2D eigenvalue weighted by molar-refractivity contribution is -0.274. The molecule has 0 radical (unpaired) electrons. The predicted octanol–water partition coefficient (Wildman–Crippen LogP) is 3.39. The molecular weight excluding hydrogens is 341 g/mol. The molecule has 0 aliphatic heterocycles. The molecule has 0 spiro atoms. The summed E-state index contributed by atoms with van der Waals surface area (Å²) >= 11 is 5.00. The first-order chi connectivity index (χ1) is 11.3. The van der Waals surface area contributed by atoms with Crippen molar-refractivity contribution >= 4 is 23.2 Å². The molecule has 126 valence electrons. The lowest BCUT2D eigenvalue weighted by Crippen LogP contribution is -2.38. The Morgan fingerprint density at radius 1 is 1.08 bits per heavy atom. The molecule has 0 aromatic heterocycles. The van der Waals surface area contributed by atoms with Crippen LogP contribution in [-0.4, -0.2) is 17.4 Å². The first-order valence-corrected chi connectivity index (χ1v) is 7.23. The number of alkyl halides is 3. The van der Waals surface area contributed by atoms with Crippen molar-refractivity contribution in [2.24, 2.45) is 0 Å². The zero-order valence-corrected chi connectivity index (χ0v) is 13.1. The summed E-state index contributed by atoms with van der Waals surface area (Å²) in [5, 5.41) is 5.32. The van der Waals surface area contributed by atoms with E-state index in [1.165, 1.54) is 18.2 Å². The summed E-state index contributed by atoms with van der Waals surface area (Å²) < 4.78 is 40.4. The standard InChI is InChI=1S/C16H13F3N2O2S/c17-16(18,19)23-13-8-4-5-11(9-13)10-20-15(24)21-14(22)12-6-2-1-3-7-12/h1-9H,10H2,(H2,20,21,22,24). The van der Waals surface area contributed by atoms with Gasteiger partial charge < -0.3 is 10.1 Å². The summed E-state index contributed by atoms with van der Waals surface area (Å²) in [6.07, 6.45) is -4.75. The molecule has 2 aromatic carbocycles. The second-order valence-corrected chi connectivity index (χ2v) is 5.11. The molecule has 0 aliphatic carbocycles. The Bertz CT molecular complexity index is 721. The number of thiocarbonyl (C=S) groups is 1. The minimum absolute atomic E-state index is 0.0750. The molecule has 0 saturated carbocycles. The van der Waals surface area contributed by atoms with Gasteiger partial charge in [-0.25, -0.2) is 0 Å². The Morgan fingerprint density at radius 2 is 1.79 bits per heavy atom. The monoisotopic (exact) mass is 354 g/mol. The van der Waals surface area contributed by atoms with Gasteiger partial charge in [0, 0.05) is 12.1 Å². The highest BCUT2D eigenvalue weighted by Crippen LogP contribution is 2.23. The molecular formula is C16H13F3N2O2S. The third-order valence-electron chi connectivity index (χ3n) is 2.85. The number of carbonyl (C=O) groups is 1. The highest BCUT2D eigenvalue weighted by molar-refractivity contribution is 7.80. The third-order valence-corrected chi connectivity index (χ3v) is 3.09. The summed E-state index contributed by atoms with van der Waals surface area (Å²) in [5.74, 6) is -0.691. The van der Waals surface area contributed by atoms with Crippen LogP contribution >= 0.6 is 12.2 Å². The lowest BCUT2D eigenvalue weighted by atomic mass is 10.2. The van der Waals surface area contributed by atoms with E-state index in [4.69, 9.17) is 12.2 Å². The highest BCUT2D eigenvalue weighted by Gasteiger charge is 2.31. The van der Waals surface area contributed by atoms with Crippen LogP contribution in [0.5, 0.6) is 5.75 Å². The van der Waals surface area contributed by atoms with Crippen molar-refractivity contribution in [1.82, 2.24) is 10.6 Å². The maximum Gasteiger partial charge on any atom is 0.573 e. The van der Waals surface area contributed by atoms with Crippen LogP contribution in [0.3, 0.4) is 0 Å². The van der Waals surface area contributed by atoms with Crippen LogP contribution in [0, 0.1) is 0 Å². The van der Waals surface area contributed by atoms with Crippen LogP contribution in [0.2, 0.25) is 0 Å². The molecule has 0 saturated heterocycles. The van der Waals surface area contributed by atoms with Gasteiger partial charge >= 0.3 is 6.36 Å². The van der Waals surface area contributed by atoms with Gasteiger partial charge in [0.2, 0.25) is 0 Å². The van der Waals surface area contributed by atoms with E-state index in [1.807, 2.05) is 0 Å².